The second-order valence-corrected chi connectivity index (χ2v) is 7.86. The third kappa shape index (κ3) is 10.1. The Kier molecular flexibility index (Phi) is 14.0. The van der Waals surface area contributed by atoms with Crippen LogP contribution in [0.3, 0.4) is 0 Å². The van der Waals surface area contributed by atoms with Crippen LogP contribution in [0.4, 0.5) is 26.3 Å². The second-order valence-electron chi connectivity index (χ2n) is 6.99. The molecule has 2 rings (SSSR count). The Balaban J connectivity index is 0.000000340. The normalized spacial score (nSPS) is 12.3. The molecule has 0 aliphatic carbocycles. The average Bonchev–Trinajstić information content (AvgIpc) is 2.81. The summed E-state index contributed by atoms with van der Waals surface area (Å²) in [5, 5.41) is 0.952. The fourth-order valence-corrected chi connectivity index (χ4v) is 3.26. The average molecular weight is 529 g/mol. The van der Waals surface area contributed by atoms with Gasteiger partial charge in [-0.3, -0.25) is 0 Å². The van der Waals surface area contributed by atoms with Crippen LogP contribution in [0, 0.1) is 0 Å². The first-order valence-electron chi connectivity index (χ1n) is 10.0. The quantitative estimate of drug-likeness (QED) is 0.286. The van der Waals surface area contributed by atoms with Crippen LogP contribution in [0.25, 0.3) is 0 Å². The molecule has 2 aromatic carbocycles. The van der Waals surface area contributed by atoms with E-state index in [9.17, 15) is 26.3 Å². The van der Waals surface area contributed by atoms with Gasteiger partial charge in [0, 0.05) is 49.3 Å². The molecule has 0 radical (unpaired) electrons. The fourth-order valence-electron chi connectivity index (χ4n) is 3.00. The van der Waals surface area contributed by atoms with Gasteiger partial charge in [0.2, 0.25) is 0 Å². The van der Waals surface area contributed by atoms with E-state index < -0.39 is 35.7 Å². The summed E-state index contributed by atoms with van der Waals surface area (Å²) in [6.07, 6.45) is -4.27. The molecule has 0 aliphatic rings. The highest BCUT2D eigenvalue weighted by Crippen LogP contribution is 2.33. The number of hydrogen-bond acceptors (Lipinski definition) is 2. The third-order valence-electron chi connectivity index (χ3n) is 4.74. The summed E-state index contributed by atoms with van der Waals surface area (Å²) in [6.45, 7) is 0.405. The van der Waals surface area contributed by atoms with Gasteiger partial charge in [-0.2, -0.15) is 17.6 Å². The van der Waals surface area contributed by atoms with E-state index in [0.717, 1.165) is 0 Å². The maximum absolute atomic E-state index is 13.3. The number of benzene rings is 2. The highest BCUT2D eigenvalue weighted by atomic mass is 35.5. The molecule has 0 saturated carbocycles. The van der Waals surface area contributed by atoms with Crippen molar-refractivity contribution >= 4 is 23.2 Å². The van der Waals surface area contributed by atoms with Crippen LogP contribution in [0.15, 0.2) is 72.3 Å². The maximum atomic E-state index is 13.3. The summed E-state index contributed by atoms with van der Waals surface area (Å²) in [7, 11) is 2.87. The van der Waals surface area contributed by atoms with Crippen molar-refractivity contribution in [3.63, 3.8) is 0 Å². The van der Waals surface area contributed by atoms with Gasteiger partial charge in [-0.1, -0.05) is 47.5 Å². The van der Waals surface area contributed by atoms with E-state index in [-0.39, 0.29) is 26.1 Å². The lowest BCUT2D eigenvalue weighted by Crippen LogP contribution is -2.04. The molecule has 2 atom stereocenters. The van der Waals surface area contributed by atoms with Gasteiger partial charge in [0.1, 0.15) is 0 Å². The molecule has 0 saturated heterocycles. The van der Waals surface area contributed by atoms with Crippen molar-refractivity contribution in [2.45, 2.75) is 24.7 Å². The molecule has 0 bridgehead atoms. The van der Waals surface area contributed by atoms with Gasteiger partial charge >= 0.3 is 12.2 Å². The molecule has 10 heteroatoms. The van der Waals surface area contributed by atoms with Gasteiger partial charge < -0.3 is 9.47 Å². The summed E-state index contributed by atoms with van der Waals surface area (Å²) in [5.74, 6) is -4.80. The monoisotopic (exact) mass is 528 g/mol. The number of methoxy groups -OCH3 is 2. The van der Waals surface area contributed by atoms with E-state index in [1.165, 1.54) is 38.5 Å². The first-order chi connectivity index (χ1) is 16.1. The van der Waals surface area contributed by atoms with Crippen LogP contribution >= 0.6 is 23.2 Å². The highest BCUT2D eigenvalue weighted by Gasteiger charge is 2.22. The highest BCUT2D eigenvalue weighted by molar-refractivity contribution is 6.30. The van der Waals surface area contributed by atoms with Crippen molar-refractivity contribution in [2.24, 2.45) is 0 Å². The molecule has 34 heavy (non-hydrogen) atoms. The molecule has 0 aliphatic heterocycles. The number of halogens is 8. The Bertz CT molecular complexity index is 848. The van der Waals surface area contributed by atoms with E-state index in [1.54, 1.807) is 24.3 Å². The molecule has 0 spiro atoms. The minimum absolute atomic E-state index is 0.154. The lowest BCUT2D eigenvalue weighted by Gasteiger charge is -2.14. The molecule has 0 amide bonds. The fraction of sp³-hybridized carbons (Fsp3) is 0.333. The molecule has 0 heterocycles. The summed E-state index contributed by atoms with van der Waals surface area (Å²) < 4.78 is 85.5. The van der Waals surface area contributed by atoms with Gasteiger partial charge in [0.05, 0.1) is 0 Å². The minimum atomic E-state index is -2.29. The molecule has 188 valence electrons. The van der Waals surface area contributed by atoms with Crippen LogP contribution in [0.1, 0.15) is 35.8 Å². The molecular weight excluding hydrogens is 505 g/mol. The van der Waals surface area contributed by atoms with E-state index in [4.69, 9.17) is 32.7 Å². The molecule has 2 nitrogen and oxygen atoms in total. The lowest BCUT2D eigenvalue weighted by molar-refractivity contribution is 0.186. The number of ether oxygens (including phenoxy) is 2. The molecular formula is C24H24Cl2F6O2. The Morgan fingerprint density at radius 1 is 0.618 bits per heavy atom. The largest absolute Gasteiger partial charge is 0.385 e. The van der Waals surface area contributed by atoms with Gasteiger partial charge in [-0.05, 0) is 48.2 Å². The second kappa shape index (κ2) is 15.8. The first kappa shape index (κ1) is 30.0. The minimum Gasteiger partial charge on any atom is -0.385 e. The van der Waals surface area contributed by atoms with Crippen molar-refractivity contribution in [3.8, 4) is 0 Å². The van der Waals surface area contributed by atoms with Gasteiger partial charge in [0.25, 0.3) is 0 Å². The van der Waals surface area contributed by atoms with Crippen LogP contribution in [0.2, 0.25) is 10.0 Å². The standard InChI is InChI=1S/2C12H12ClF3O/c2*1-17-7-6-10(11(14)12(15)16)8-2-4-9(13)5-3-8/h2*2-5,10H,6-7H2,1H3. The number of rotatable bonds is 10. The smallest absolute Gasteiger partial charge is 0.302 e. The molecule has 2 aromatic rings. The van der Waals surface area contributed by atoms with Gasteiger partial charge in [0.15, 0.2) is 11.7 Å². The van der Waals surface area contributed by atoms with E-state index in [2.05, 4.69) is 0 Å². The van der Waals surface area contributed by atoms with Gasteiger partial charge in [-0.25, -0.2) is 8.78 Å². The van der Waals surface area contributed by atoms with Crippen LogP contribution < -0.4 is 0 Å². The van der Waals surface area contributed by atoms with Gasteiger partial charge in [-0.15, -0.1) is 0 Å². The predicted octanol–water partition coefficient (Wildman–Crippen LogP) is 9.08. The third-order valence-corrected chi connectivity index (χ3v) is 5.24. The van der Waals surface area contributed by atoms with Crippen LogP contribution in [-0.2, 0) is 9.47 Å². The van der Waals surface area contributed by atoms with Crippen LogP contribution in [-0.4, -0.2) is 27.4 Å². The van der Waals surface area contributed by atoms with E-state index >= 15 is 0 Å². The van der Waals surface area contributed by atoms with Crippen molar-refractivity contribution in [2.75, 3.05) is 27.4 Å². The van der Waals surface area contributed by atoms with Crippen LogP contribution in [0.5, 0.6) is 0 Å². The number of hydrogen-bond donors (Lipinski definition) is 0. The van der Waals surface area contributed by atoms with Crippen molar-refractivity contribution in [1.29, 1.82) is 0 Å². The molecule has 0 fully saturated rings. The first-order valence-corrected chi connectivity index (χ1v) is 10.8. The summed E-state index contributed by atoms with van der Waals surface area (Å²) in [6, 6.07) is 12.3. The van der Waals surface area contributed by atoms with Crippen molar-refractivity contribution < 1.29 is 35.8 Å². The SMILES string of the molecule is COCCC(C(F)=C(F)F)c1ccc(Cl)cc1.COCCC(C(F)=C(F)F)c1ccc(Cl)cc1. The Labute approximate surface area is 204 Å². The Morgan fingerprint density at radius 3 is 1.15 bits per heavy atom. The zero-order chi connectivity index (χ0) is 25.7. The molecule has 2 unspecified atom stereocenters. The van der Waals surface area contributed by atoms with Crippen molar-refractivity contribution in [1.82, 2.24) is 0 Å². The van der Waals surface area contributed by atoms with E-state index in [0.29, 0.717) is 21.2 Å². The summed E-state index contributed by atoms with van der Waals surface area (Å²) in [4.78, 5) is 0. The number of allylic oxidation sites excluding steroid dienone is 2. The lowest BCUT2D eigenvalue weighted by atomic mass is 9.95. The zero-order valence-corrected chi connectivity index (χ0v) is 20.0. The summed E-state index contributed by atoms with van der Waals surface area (Å²) in [5.41, 5.74) is 0.911. The Morgan fingerprint density at radius 2 is 0.912 bits per heavy atom. The Hall–Kier alpha value is -2.00. The predicted molar refractivity (Wildman–Crippen MR) is 122 cm³/mol. The topological polar surface area (TPSA) is 18.5 Å². The zero-order valence-electron chi connectivity index (χ0n) is 18.4. The van der Waals surface area contributed by atoms with Crippen molar-refractivity contribution in [3.05, 3.63) is 93.5 Å². The molecule has 0 aromatic heterocycles. The molecule has 0 N–H and O–H groups in total. The summed E-state index contributed by atoms with van der Waals surface area (Å²) >= 11 is 11.4. The van der Waals surface area contributed by atoms with E-state index in [1.807, 2.05) is 0 Å². The maximum Gasteiger partial charge on any atom is 0.302 e.